The van der Waals surface area contributed by atoms with Gasteiger partial charge >= 0.3 is 0 Å². The Bertz CT molecular complexity index is 943. The number of benzene rings is 3. The Morgan fingerprint density at radius 2 is 1.48 bits per heavy atom. The summed E-state index contributed by atoms with van der Waals surface area (Å²) in [5.74, 6) is -0.696. The fraction of sp³-hybridized carbons (Fsp3) is 0.269. The molecule has 0 atom stereocenters. The number of carbonyl (C=O) groups is 1. The number of carbonyl (C=O) groups excluding carboxylic acids is 1. The van der Waals surface area contributed by atoms with Crippen LogP contribution in [0.25, 0.3) is 0 Å². The van der Waals surface area contributed by atoms with Crippen LogP contribution in [-0.4, -0.2) is 19.0 Å². The second kappa shape index (κ2) is 12.5. The first-order valence-corrected chi connectivity index (χ1v) is 10.4. The van der Waals surface area contributed by atoms with Crippen LogP contribution in [0.2, 0.25) is 0 Å². The molecule has 1 amide bonds. The molecule has 1 aliphatic rings. The van der Waals surface area contributed by atoms with Crippen molar-refractivity contribution in [1.29, 1.82) is 0 Å². The van der Waals surface area contributed by atoms with Gasteiger partial charge in [-0.05, 0) is 77.0 Å². The van der Waals surface area contributed by atoms with Crippen LogP contribution in [0, 0.1) is 26.6 Å². The van der Waals surface area contributed by atoms with Gasteiger partial charge in [0.15, 0.2) is 11.6 Å². The molecule has 31 heavy (non-hydrogen) atoms. The Morgan fingerprint density at radius 3 is 1.90 bits per heavy atom. The van der Waals surface area contributed by atoms with Crippen LogP contribution in [-0.2, 0) is 0 Å². The summed E-state index contributed by atoms with van der Waals surface area (Å²) in [6.07, 6.45) is 2.78. The van der Waals surface area contributed by atoms with Crippen LogP contribution >= 0.6 is 0 Å². The highest BCUT2D eigenvalue weighted by molar-refractivity contribution is 5.92. The molecule has 164 valence electrons. The maximum Gasteiger partial charge on any atom is 0.248 e. The van der Waals surface area contributed by atoms with E-state index in [2.05, 4.69) is 43.4 Å². The first-order chi connectivity index (χ1) is 14.8. The summed E-state index contributed by atoms with van der Waals surface area (Å²) in [6.45, 7) is 8.66. The van der Waals surface area contributed by atoms with E-state index < -0.39 is 11.7 Å². The van der Waals surface area contributed by atoms with Crippen molar-refractivity contribution in [2.45, 2.75) is 33.6 Å². The third-order valence-electron chi connectivity index (χ3n) is 4.60. The predicted molar refractivity (Wildman–Crippen MR) is 124 cm³/mol. The summed E-state index contributed by atoms with van der Waals surface area (Å²) in [4.78, 5) is 10.9. The average Bonchev–Trinajstić information content (AvgIpc) is 3.31. The van der Waals surface area contributed by atoms with Crippen LogP contribution in [0.5, 0.6) is 11.5 Å². The number of hydrogen-bond donors (Lipinski definition) is 2. The highest BCUT2D eigenvalue weighted by Crippen LogP contribution is 2.25. The zero-order valence-electron chi connectivity index (χ0n) is 18.5. The van der Waals surface area contributed by atoms with E-state index in [1.54, 1.807) is 12.1 Å². The number of primary amides is 1. The number of ether oxygens (including phenoxy) is 1. The van der Waals surface area contributed by atoms with Crippen molar-refractivity contribution in [3.8, 4) is 11.5 Å². The van der Waals surface area contributed by atoms with E-state index in [-0.39, 0.29) is 11.3 Å². The summed E-state index contributed by atoms with van der Waals surface area (Å²) in [6, 6.07) is 19.5. The summed E-state index contributed by atoms with van der Waals surface area (Å²) in [7, 11) is 0. The quantitative estimate of drug-likeness (QED) is 0.569. The van der Waals surface area contributed by atoms with Gasteiger partial charge in [0, 0.05) is 5.56 Å². The molecule has 0 unspecified atom stereocenters. The van der Waals surface area contributed by atoms with Crippen molar-refractivity contribution < 1.29 is 13.9 Å². The molecule has 5 heteroatoms. The Morgan fingerprint density at radius 1 is 0.871 bits per heavy atom. The molecule has 1 fully saturated rings. The molecule has 0 aliphatic carbocycles. The van der Waals surface area contributed by atoms with Crippen LogP contribution in [0.3, 0.4) is 0 Å². The molecule has 1 heterocycles. The maximum atomic E-state index is 13.6. The first kappa shape index (κ1) is 24.1. The Balaban J connectivity index is 0.000000214. The van der Waals surface area contributed by atoms with Crippen molar-refractivity contribution >= 4 is 5.91 Å². The van der Waals surface area contributed by atoms with Gasteiger partial charge in [-0.15, -0.1) is 0 Å². The number of hydrogen-bond acceptors (Lipinski definition) is 3. The normalized spacial score (nSPS) is 12.1. The molecule has 0 radical (unpaired) electrons. The molecule has 3 N–H and O–H groups in total. The lowest BCUT2D eigenvalue weighted by Gasteiger charge is -2.07. The molecular weight excluding hydrogens is 391 g/mol. The van der Waals surface area contributed by atoms with E-state index in [9.17, 15) is 9.18 Å². The number of halogens is 1. The predicted octanol–water partition coefficient (Wildman–Crippen LogP) is 5.70. The summed E-state index contributed by atoms with van der Waals surface area (Å²) in [5.41, 5.74) is 8.94. The Hall–Kier alpha value is -3.18. The van der Waals surface area contributed by atoms with Gasteiger partial charge in [-0.2, -0.15) is 0 Å². The van der Waals surface area contributed by atoms with Gasteiger partial charge in [-0.1, -0.05) is 53.1 Å². The third kappa shape index (κ3) is 9.01. The molecule has 0 aromatic heterocycles. The third-order valence-corrected chi connectivity index (χ3v) is 4.60. The van der Waals surface area contributed by atoms with E-state index in [1.165, 1.54) is 49.2 Å². The highest BCUT2D eigenvalue weighted by atomic mass is 19.1. The minimum Gasteiger partial charge on any atom is -0.454 e. The SMILES string of the molecule is C1CCNC1.Cc1ccc(Oc2ccc(C(N)=O)cc2F)cc1.Cc1cccc(C)c1. The lowest BCUT2D eigenvalue weighted by Crippen LogP contribution is -2.11. The fourth-order valence-electron chi connectivity index (χ4n) is 2.90. The van der Waals surface area contributed by atoms with E-state index in [4.69, 9.17) is 10.5 Å². The topological polar surface area (TPSA) is 64.3 Å². The van der Waals surface area contributed by atoms with E-state index in [0.29, 0.717) is 5.75 Å². The minimum absolute atomic E-state index is 0.0591. The van der Waals surface area contributed by atoms with Gasteiger partial charge in [-0.3, -0.25) is 4.79 Å². The van der Waals surface area contributed by atoms with Crippen LogP contribution in [0.1, 0.15) is 39.9 Å². The molecule has 0 saturated carbocycles. The van der Waals surface area contributed by atoms with Crippen molar-refractivity contribution in [3.63, 3.8) is 0 Å². The minimum atomic E-state index is -0.671. The highest BCUT2D eigenvalue weighted by Gasteiger charge is 2.08. The molecule has 1 saturated heterocycles. The maximum absolute atomic E-state index is 13.6. The summed E-state index contributed by atoms with van der Waals surface area (Å²) in [5, 5.41) is 3.22. The zero-order chi connectivity index (χ0) is 22.6. The number of nitrogens with one attached hydrogen (secondary N) is 1. The van der Waals surface area contributed by atoms with Gasteiger partial charge in [0.05, 0.1) is 0 Å². The number of amides is 1. The molecule has 3 aromatic carbocycles. The standard InChI is InChI=1S/C14H12FNO2.C8H10.C4H9N/c1-9-2-5-11(6-3-9)18-13-7-4-10(14(16)17)8-12(13)15;1-7-4-3-5-8(2)6-7;1-2-4-5-3-1/h2-8H,1H3,(H2,16,17);3-6H,1-2H3;5H,1-4H2. The van der Waals surface area contributed by atoms with Crippen molar-refractivity contribution in [1.82, 2.24) is 5.32 Å². The number of aryl methyl sites for hydroxylation is 3. The van der Waals surface area contributed by atoms with Gasteiger partial charge in [0.1, 0.15) is 5.75 Å². The summed E-state index contributed by atoms with van der Waals surface area (Å²) < 4.78 is 19.0. The molecule has 1 aliphatic heterocycles. The van der Waals surface area contributed by atoms with Crippen LogP contribution in [0.15, 0.2) is 66.7 Å². The van der Waals surface area contributed by atoms with Gasteiger partial charge in [-0.25, -0.2) is 4.39 Å². The second-order valence-corrected chi connectivity index (χ2v) is 7.54. The molecule has 3 aromatic rings. The van der Waals surface area contributed by atoms with Crippen molar-refractivity contribution in [2.24, 2.45) is 5.73 Å². The number of rotatable bonds is 3. The Labute approximate surface area is 184 Å². The Kier molecular flexibility index (Phi) is 9.72. The van der Waals surface area contributed by atoms with E-state index in [1.807, 2.05) is 19.1 Å². The first-order valence-electron chi connectivity index (χ1n) is 10.4. The van der Waals surface area contributed by atoms with Crippen LogP contribution < -0.4 is 15.8 Å². The van der Waals surface area contributed by atoms with Crippen molar-refractivity contribution in [2.75, 3.05) is 13.1 Å². The smallest absolute Gasteiger partial charge is 0.248 e. The monoisotopic (exact) mass is 422 g/mol. The molecule has 4 nitrogen and oxygen atoms in total. The summed E-state index contributed by atoms with van der Waals surface area (Å²) >= 11 is 0. The van der Waals surface area contributed by atoms with Crippen molar-refractivity contribution in [3.05, 3.63) is 94.8 Å². The van der Waals surface area contributed by atoms with E-state index >= 15 is 0 Å². The van der Waals surface area contributed by atoms with Crippen LogP contribution in [0.4, 0.5) is 4.39 Å². The van der Waals surface area contributed by atoms with Gasteiger partial charge < -0.3 is 15.8 Å². The zero-order valence-corrected chi connectivity index (χ0v) is 18.5. The number of nitrogens with two attached hydrogens (primary N) is 1. The molecule has 0 spiro atoms. The van der Waals surface area contributed by atoms with Gasteiger partial charge in [0.25, 0.3) is 0 Å². The second-order valence-electron chi connectivity index (χ2n) is 7.54. The molecular formula is C26H31FN2O2. The molecule has 4 rings (SSSR count). The largest absolute Gasteiger partial charge is 0.454 e. The average molecular weight is 423 g/mol. The van der Waals surface area contributed by atoms with E-state index in [0.717, 1.165) is 11.6 Å². The van der Waals surface area contributed by atoms with Gasteiger partial charge in [0.2, 0.25) is 5.91 Å². The fourth-order valence-corrected chi connectivity index (χ4v) is 2.90. The molecule has 0 bridgehead atoms. The lowest BCUT2D eigenvalue weighted by molar-refractivity contribution is 0.1000. The lowest BCUT2D eigenvalue weighted by atomic mass is 10.2.